The lowest BCUT2D eigenvalue weighted by molar-refractivity contribution is -0.145. The smallest absolute Gasteiger partial charge is 0.302 e. The maximum atomic E-state index is 13.8. The number of esters is 1. The fourth-order valence-corrected chi connectivity index (χ4v) is 5.41. The zero-order valence-corrected chi connectivity index (χ0v) is 19.9. The predicted molar refractivity (Wildman–Crippen MR) is 133 cm³/mol. The van der Waals surface area contributed by atoms with Crippen molar-refractivity contribution in [3.8, 4) is 0 Å². The minimum Gasteiger partial charge on any atom is -0.464 e. The molecule has 0 unspecified atom stereocenters. The lowest BCUT2D eigenvalue weighted by Crippen LogP contribution is -2.72. The van der Waals surface area contributed by atoms with E-state index in [0.29, 0.717) is 17.8 Å². The highest BCUT2D eigenvalue weighted by Gasteiger charge is 2.64. The van der Waals surface area contributed by atoms with Crippen molar-refractivity contribution in [1.82, 2.24) is 4.90 Å². The van der Waals surface area contributed by atoms with E-state index in [-0.39, 0.29) is 17.8 Å². The highest BCUT2D eigenvalue weighted by molar-refractivity contribution is 8.15. The molecule has 7 heteroatoms. The average Bonchev–Trinajstić information content (AvgIpc) is 2.86. The third kappa shape index (κ3) is 4.56. The van der Waals surface area contributed by atoms with E-state index in [2.05, 4.69) is 0 Å². The molecule has 6 nitrogen and oxygen atoms in total. The third-order valence-corrected chi connectivity index (χ3v) is 7.31. The minimum atomic E-state index is -1.21. The van der Waals surface area contributed by atoms with Crippen LogP contribution in [0.2, 0.25) is 0 Å². The summed E-state index contributed by atoms with van der Waals surface area (Å²) >= 11 is 0.985. The summed E-state index contributed by atoms with van der Waals surface area (Å²) in [5, 5.41) is -0.235. The van der Waals surface area contributed by atoms with Crippen molar-refractivity contribution in [2.45, 2.75) is 24.3 Å². The van der Waals surface area contributed by atoms with Crippen molar-refractivity contribution in [3.05, 3.63) is 102 Å². The van der Waals surface area contributed by atoms with Crippen molar-refractivity contribution in [2.24, 2.45) is 0 Å². The van der Waals surface area contributed by atoms with E-state index in [1.807, 2.05) is 91.0 Å². The van der Waals surface area contributed by atoms with Gasteiger partial charge in [-0.15, -0.1) is 0 Å². The zero-order chi connectivity index (χ0) is 24.1. The Morgan fingerprint density at radius 3 is 2.09 bits per heavy atom. The SMILES string of the molecule is CC(=O)OC[C@@H]1N(c2ccccc2)C(=O)[C@@]1(SC(=O)N(C)Cc1ccccc1)c1ccccc1. The summed E-state index contributed by atoms with van der Waals surface area (Å²) in [7, 11) is 1.72. The highest BCUT2D eigenvalue weighted by atomic mass is 32.2. The van der Waals surface area contributed by atoms with E-state index in [1.54, 1.807) is 16.8 Å². The molecule has 3 aromatic rings. The van der Waals surface area contributed by atoms with Crippen LogP contribution in [0.1, 0.15) is 18.1 Å². The number of thioether (sulfide) groups is 1. The molecule has 2 atom stereocenters. The number of benzene rings is 3. The van der Waals surface area contributed by atoms with Crippen LogP contribution in [0.3, 0.4) is 0 Å². The van der Waals surface area contributed by atoms with Crippen LogP contribution < -0.4 is 4.90 Å². The largest absolute Gasteiger partial charge is 0.464 e. The second-order valence-corrected chi connectivity index (χ2v) is 9.34. The first-order chi connectivity index (χ1) is 16.4. The average molecular weight is 475 g/mol. The molecule has 1 heterocycles. The number of β-lactam (4-membered cyclic amide) rings is 1. The first-order valence-corrected chi connectivity index (χ1v) is 11.8. The number of ether oxygens (including phenoxy) is 1. The first-order valence-electron chi connectivity index (χ1n) is 11.0. The zero-order valence-electron chi connectivity index (χ0n) is 19.1. The van der Waals surface area contributed by atoms with Crippen LogP contribution >= 0.6 is 11.8 Å². The summed E-state index contributed by atoms with van der Waals surface area (Å²) < 4.78 is 4.18. The van der Waals surface area contributed by atoms with E-state index >= 15 is 0 Å². The van der Waals surface area contributed by atoms with E-state index in [9.17, 15) is 14.4 Å². The van der Waals surface area contributed by atoms with Crippen molar-refractivity contribution >= 4 is 34.6 Å². The maximum absolute atomic E-state index is 13.8. The molecule has 0 bridgehead atoms. The quantitative estimate of drug-likeness (QED) is 0.362. The number of carbonyl (C=O) groups excluding carboxylic acids is 3. The van der Waals surface area contributed by atoms with Gasteiger partial charge in [0.05, 0.1) is 6.04 Å². The number of hydrogen-bond acceptors (Lipinski definition) is 5. The molecule has 0 radical (unpaired) electrons. The van der Waals surface area contributed by atoms with E-state index in [0.717, 1.165) is 17.3 Å². The third-order valence-electron chi connectivity index (χ3n) is 5.82. The lowest BCUT2D eigenvalue weighted by atomic mass is 9.80. The summed E-state index contributed by atoms with van der Waals surface area (Å²) in [6, 6.07) is 27.6. The molecule has 0 spiro atoms. The molecule has 34 heavy (non-hydrogen) atoms. The molecule has 0 N–H and O–H groups in total. The van der Waals surface area contributed by atoms with Crippen molar-refractivity contribution in [3.63, 3.8) is 0 Å². The monoisotopic (exact) mass is 474 g/mol. The van der Waals surface area contributed by atoms with Gasteiger partial charge in [-0.1, -0.05) is 78.9 Å². The van der Waals surface area contributed by atoms with Crippen LogP contribution in [-0.4, -0.2) is 41.7 Å². The second-order valence-electron chi connectivity index (χ2n) is 8.14. The molecule has 4 rings (SSSR count). The Morgan fingerprint density at radius 2 is 1.50 bits per heavy atom. The number of rotatable bonds is 7. The Bertz CT molecular complexity index is 1160. The number of hydrogen-bond donors (Lipinski definition) is 0. The fraction of sp³-hybridized carbons (Fsp3) is 0.222. The lowest BCUT2D eigenvalue weighted by Gasteiger charge is -2.55. The molecular weight excluding hydrogens is 448 g/mol. The molecular formula is C27H26N2O4S. The maximum Gasteiger partial charge on any atom is 0.302 e. The summed E-state index contributed by atoms with van der Waals surface area (Å²) in [5.41, 5.74) is 2.40. The van der Waals surface area contributed by atoms with Gasteiger partial charge in [0.15, 0.2) is 4.75 Å². The second kappa shape index (κ2) is 10.1. The number of anilines is 1. The van der Waals surface area contributed by atoms with Gasteiger partial charge in [0.2, 0.25) is 0 Å². The van der Waals surface area contributed by atoms with Crippen LogP contribution in [0.5, 0.6) is 0 Å². The number of carbonyl (C=O) groups is 3. The van der Waals surface area contributed by atoms with Crippen LogP contribution in [-0.2, 0) is 25.6 Å². The van der Waals surface area contributed by atoms with Crippen molar-refractivity contribution < 1.29 is 19.1 Å². The molecule has 2 amide bonds. The molecule has 1 fully saturated rings. The van der Waals surface area contributed by atoms with Gasteiger partial charge in [-0.3, -0.25) is 14.4 Å². The molecule has 1 aliphatic rings. The first kappa shape index (κ1) is 23.6. The van der Waals surface area contributed by atoms with Gasteiger partial charge in [-0.2, -0.15) is 0 Å². The van der Waals surface area contributed by atoms with E-state index in [1.165, 1.54) is 6.92 Å². The van der Waals surface area contributed by atoms with Crippen molar-refractivity contribution in [1.29, 1.82) is 0 Å². The van der Waals surface area contributed by atoms with Crippen LogP contribution in [0.25, 0.3) is 0 Å². The van der Waals surface area contributed by atoms with Crippen molar-refractivity contribution in [2.75, 3.05) is 18.6 Å². The van der Waals surface area contributed by atoms with Crippen LogP contribution in [0.4, 0.5) is 10.5 Å². The van der Waals surface area contributed by atoms with E-state index < -0.39 is 16.8 Å². The van der Waals surface area contributed by atoms with Crippen LogP contribution in [0, 0.1) is 0 Å². The standard InChI is InChI=1S/C27H26N2O4S/c1-20(30)33-19-24-27(22-14-8-4-9-15-22,25(31)29(24)23-16-10-5-11-17-23)34-26(32)28(2)18-21-12-6-3-7-13-21/h3-17,24H,18-19H2,1-2H3/t24-,27+/m0/s1. The Kier molecular flexibility index (Phi) is 7.03. The normalized spacial score (nSPS) is 19.3. The molecule has 0 aliphatic carbocycles. The Hall–Kier alpha value is -3.58. The van der Waals surface area contributed by atoms with Gasteiger partial charge in [0, 0.05) is 26.2 Å². The summed E-state index contributed by atoms with van der Waals surface area (Å²) in [4.78, 5) is 42.2. The minimum absolute atomic E-state index is 0.0203. The Morgan fingerprint density at radius 1 is 0.941 bits per heavy atom. The summed E-state index contributed by atoms with van der Waals surface area (Å²) in [6.45, 7) is 1.74. The molecule has 0 aromatic heterocycles. The van der Waals surface area contributed by atoms with Crippen LogP contribution in [0.15, 0.2) is 91.0 Å². The Balaban J connectivity index is 1.69. The summed E-state index contributed by atoms with van der Waals surface area (Å²) in [6.07, 6.45) is 0. The van der Waals surface area contributed by atoms with Gasteiger partial charge < -0.3 is 14.5 Å². The molecule has 0 saturated carbocycles. The molecule has 174 valence electrons. The topological polar surface area (TPSA) is 66.9 Å². The molecule has 1 aliphatic heterocycles. The number of amides is 2. The number of nitrogens with zero attached hydrogens (tertiary/aromatic N) is 2. The van der Waals surface area contributed by atoms with E-state index in [4.69, 9.17) is 4.74 Å². The fourth-order valence-electron chi connectivity index (χ4n) is 4.16. The Labute approximate surface area is 203 Å². The highest BCUT2D eigenvalue weighted by Crippen LogP contribution is 2.53. The van der Waals surface area contributed by atoms with Gasteiger partial charge in [0.25, 0.3) is 11.1 Å². The summed E-state index contributed by atoms with van der Waals surface area (Å²) in [5.74, 6) is -0.652. The van der Waals surface area contributed by atoms with Gasteiger partial charge in [0.1, 0.15) is 6.61 Å². The number of para-hydroxylation sites is 1. The molecule has 3 aromatic carbocycles. The predicted octanol–water partition coefficient (Wildman–Crippen LogP) is 4.85. The van der Waals surface area contributed by atoms with Gasteiger partial charge in [-0.05, 0) is 35.0 Å². The molecule has 1 saturated heterocycles. The van der Waals surface area contributed by atoms with Gasteiger partial charge >= 0.3 is 5.97 Å². The van der Waals surface area contributed by atoms with Gasteiger partial charge in [-0.25, -0.2) is 0 Å².